The van der Waals surface area contributed by atoms with E-state index in [9.17, 15) is 4.79 Å². The monoisotopic (exact) mass is 425 g/mol. The second kappa shape index (κ2) is 8.89. The Morgan fingerprint density at radius 2 is 1.97 bits per heavy atom. The first-order valence-electron chi connectivity index (χ1n) is 8.79. The molecule has 0 bridgehead atoms. The average Bonchev–Trinajstić information content (AvgIpc) is 3.39. The number of hydrogen-bond donors (Lipinski definition) is 1. The van der Waals surface area contributed by atoms with Crippen LogP contribution in [0.25, 0.3) is 11.5 Å². The largest absolute Gasteiger partial charge is 0.484 e. The summed E-state index contributed by atoms with van der Waals surface area (Å²) in [7, 11) is 0. The van der Waals surface area contributed by atoms with Crippen LogP contribution in [0.4, 0.5) is 5.69 Å². The van der Waals surface area contributed by atoms with Gasteiger partial charge >= 0.3 is 0 Å². The van der Waals surface area contributed by atoms with Crippen molar-refractivity contribution in [3.05, 3.63) is 81.8 Å². The molecule has 4 aromatic rings. The Labute approximate surface area is 176 Å². The molecule has 0 saturated carbocycles. The summed E-state index contributed by atoms with van der Waals surface area (Å²) in [6.45, 7) is 0.118. The number of carbonyl (C=O) groups excluding carboxylic acids is 1. The van der Waals surface area contributed by atoms with Gasteiger partial charge in [-0.1, -0.05) is 23.7 Å². The number of thiophene rings is 1. The van der Waals surface area contributed by atoms with Gasteiger partial charge in [-0.05, 0) is 47.8 Å². The lowest BCUT2D eigenvalue weighted by Gasteiger charge is -2.07. The molecule has 0 radical (unpaired) electrons. The number of nitrogens with one attached hydrogen (secondary N) is 1. The Morgan fingerprint density at radius 3 is 2.76 bits per heavy atom. The van der Waals surface area contributed by atoms with Gasteiger partial charge in [0.25, 0.3) is 5.89 Å². The number of amides is 1. The molecule has 4 rings (SSSR count). The maximum absolute atomic E-state index is 12.1. The van der Waals surface area contributed by atoms with Crippen LogP contribution in [0.3, 0.4) is 0 Å². The lowest BCUT2D eigenvalue weighted by Crippen LogP contribution is -2.13. The zero-order valence-electron chi connectivity index (χ0n) is 15.2. The number of anilines is 1. The van der Waals surface area contributed by atoms with Crippen molar-refractivity contribution >= 4 is 34.5 Å². The standard InChI is InChI=1S/C21H16ClN3O3S/c22-15-8-6-14(7-9-15)21-25-24-20(28-21)13-27-17-4-1-3-16(11-17)23-19(26)12-18-5-2-10-29-18/h1-11H,12-13H2,(H,23,26). The molecule has 0 aliphatic heterocycles. The van der Waals surface area contributed by atoms with E-state index in [4.69, 9.17) is 20.8 Å². The van der Waals surface area contributed by atoms with E-state index in [1.165, 1.54) is 0 Å². The predicted molar refractivity (Wildman–Crippen MR) is 112 cm³/mol. The van der Waals surface area contributed by atoms with Crippen LogP contribution in [-0.4, -0.2) is 16.1 Å². The van der Waals surface area contributed by atoms with Gasteiger partial charge < -0.3 is 14.5 Å². The molecule has 1 amide bonds. The number of benzene rings is 2. The Balaban J connectivity index is 1.35. The van der Waals surface area contributed by atoms with Crippen molar-refractivity contribution < 1.29 is 13.9 Å². The summed E-state index contributed by atoms with van der Waals surface area (Å²) >= 11 is 7.45. The van der Waals surface area contributed by atoms with Crippen LogP contribution in [-0.2, 0) is 17.8 Å². The fourth-order valence-corrected chi connectivity index (χ4v) is 3.44. The number of rotatable bonds is 7. The van der Waals surface area contributed by atoms with E-state index in [-0.39, 0.29) is 12.5 Å². The predicted octanol–water partition coefficient (Wildman–Crippen LogP) is 5.21. The van der Waals surface area contributed by atoms with Gasteiger partial charge in [-0.2, -0.15) is 0 Å². The van der Waals surface area contributed by atoms with Gasteiger partial charge in [-0.15, -0.1) is 21.5 Å². The summed E-state index contributed by atoms with van der Waals surface area (Å²) in [5, 5.41) is 13.5. The summed E-state index contributed by atoms with van der Waals surface area (Å²) in [4.78, 5) is 13.2. The van der Waals surface area contributed by atoms with Crippen LogP contribution in [0.1, 0.15) is 10.8 Å². The molecule has 8 heteroatoms. The molecule has 29 heavy (non-hydrogen) atoms. The lowest BCUT2D eigenvalue weighted by atomic mass is 10.2. The molecule has 2 aromatic heterocycles. The number of aromatic nitrogens is 2. The number of ether oxygens (including phenoxy) is 1. The molecular weight excluding hydrogens is 410 g/mol. The van der Waals surface area contributed by atoms with Crippen LogP contribution in [0, 0.1) is 0 Å². The highest BCUT2D eigenvalue weighted by Crippen LogP contribution is 2.22. The Morgan fingerprint density at radius 1 is 1.10 bits per heavy atom. The number of nitrogens with zero attached hydrogens (tertiary/aromatic N) is 2. The normalized spacial score (nSPS) is 10.7. The topological polar surface area (TPSA) is 77.2 Å². The number of hydrogen-bond acceptors (Lipinski definition) is 6. The van der Waals surface area contributed by atoms with E-state index in [1.807, 2.05) is 41.8 Å². The van der Waals surface area contributed by atoms with Crippen molar-refractivity contribution in [3.8, 4) is 17.2 Å². The zero-order chi connectivity index (χ0) is 20.1. The number of carbonyl (C=O) groups is 1. The smallest absolute Gasteiger partial charge is 0.254 e. The van der Waals surface area contributed by atoms with Gasteiger partial charge in [0.15, 0.2) is 6.61 Å². The molecule has 6 nitrogen and oxygen atoms in total. The lowest BCUT2D eigenvalue weighted by molar-refractivity contribution is -0.115. The number of halogens is 1. The van der Waals surface area contributed by atoms with Crippen LogP contribution in [0.15, 0.2) is 70.5 Å². The fraction of sp³-hybridized carbons (Fsp3) is 0.0952. The van der Waals surface area contributed by atoms with Crippen LogP contribution >= 0.6 is 22.9 Å². The summed E-state index contributed by atoms with van der Waals surface area (Å²) < 4.78 is 11.3. The molecule has 2 heterocycles. The highest BCUT2D eigenvalue weighted by Gasteiger charge is 2.10. The van der Waals surface area contributed by atoms with Gasteiger partial charge in [0.05, 0.1) is 6.42 Å². The maximum Gasteiger partial charge on any atom is 0.254 e. The van der Waals surface area contributed by atoms with Crippen molar-refractivity contribution in [1.82, 2.24) is 10.2 Å². The molecule has 146 valence electrons. The second-order valence-electron chi connectivity index (χ2n) is 6.13. The highest BCUT2D eigenvalue weighted by atomic mass is 35.5. The molecule has 0 atom stereocenters. The summed E-state index contributed by atoms with van der Waals surface area (Å²) in [6.07, 6.45) is 0.345. The molecule has 0 spiro atoms. The van der Waals surface area contributed by atoms with E-state index in [0.717, 1.165) is 10.4 Å². The Bertz CT molecular complexity index is 1090. The van der Waals surface area contributed by atoms with Crippen LogP contribution < -0.4 is 10.1 Å². The van der Waals surface area contributed by atoms with Gasteiger partial charge in [-0.3, -0.25) is 4.79 Å². The third-order valence-corrected chi connectivity index (χ3v) is 5.08. The van der Waals surface area contributed by atoms with E-state index >= 15 is 0 Å². The van der Waals surface area contributed by atoms with Gasteiger partial charge in [0, 0.05) is 27.2 Å². The fourth-order valence-electron chi connectivity index (χ4n) is 2.61. The molecule has 0 aliphatic carbocycles. The first-order chi connectivity index (χ1) is 14.2. The summed E-state index contributed by atoms with van der Waals surface area (Å²) in [6, 6.07) is 18.2. The van der Waals surface area contributed by atoms with E-state index in [0.29, 0.717) is 34.7 Å². The first kappa shape index (κ1) is 19.2. The van der Waals surface area contributed by atoms with Crippen LogP contribution in [0.5, 0.6) is 5.75 Å². The average molecular weight is 426 g/mol. The minimum atomic E-state index is -0.0749. The quantitative estimate of drug-likeness (QED) is 0.439. The van der Waals surface area contributed by atoms with Gasteiger partial charge in [0.1, 0.15) is 5.75 Å². The molecule has 1 N–H and O–H groups in total. The van der Waals surface area contributed by atoms with Gasteiger partial charge in [-0.25, -0.2) is 0 Å². The van der Waals surface area contributed by atoms with Crippen molar-refractivity contribution in [3.63, 3.8) is 0 Å². The molecule has 0 fully saturated rings. The summed E-state index contributed by atoms with van der Waals surface area (Å²) in [5.74, 6) is 1.26. The SMILES string of the molecule is O=C(Cc1cccs1)Nc1cccc(OCc2nnc(-c3ccc(Cl)cc3)o2)c1. The molecule has 0 saturated heterocycles. The van der Waals surface area contributed by atoms with E-state index in [2.05, 4.69) is 15.5 Å². The third-order valence-electron chi connectivity index (χ3n) is 3.95. The summed E-state index contributed by atoms with van der Waals surface area (Å²) in [5.41, 5.74) is 1.44. The maximum atomic E-state index is 12.1. The minimum absolute atomic E-state index is 0.0749. The third kappa shape index (κ3) is 5.22. The zero-order valence-corrected chi connectivity index (χ0v) is 16.7. The first-order valence-corrected chi connectivity index (χ1v) is 10.0. The van der Waals surface area contributed by atoms with E-state index < -0.39 is 0 Å². The Kier molecular flexibility index (Phi) is 5.88. The molecule has 2 aromatic carbocycles. The van der Waals surface area contributed by atoms with Gasteiger partial charge in [0.2, 0.25) is 11.8 Å². The highest BCUT2D eigenvalue weighted by molar-refractivity contribution is 7.10. The van der Waals surface area contributed by atoms with Crippen molar-refractivity contribution in [2.75, 3.05) is 5.32 Å². The molecular formula is C21H16ClN3O3S. The van der Waals surface area contributed by atoms with Crippen molar-refractivity contribution in [1.29, 1.82) is 0 Å². The van der Waals surface area contributed by atoms with Crippen molar-refractivity contribution in [2.45, 2.75) is 13.0 Å². The second-order valence-corrected chi connectivity index (χ2v) is 7.60. The van der Waals surface area contributed by atoms with E-state index in [1.54, 1.807) is 35.6 Å². The van der Waals surface area contributed by atoms with Crippen LogP contribution in [0.2, 0.25) is 5.02 Å². The van der Waals surface area contributed by atoms with Crippen molar-refractivity contribution in [2.24, 2.45) is 0 Å². The molecule has 0 unspecified atom stereocenters. The minimum Gasteiger partial charge on any atom is -0.484 e. The Hall–Kier alpha value is -3.16. The molecule has 0 aliphatic rings.